The van der Waals surface area contributed by atoms with Crippen molar-refractivity contribution in [3.63, 3.8) is 0 Å². The van der Waals surface area contributed by atoms with Crippen molar-refractivity contribution in [1.82, 2.24) is 20.2 Å². The Morgan fingerprint density at radius 2 is 2.13 bits per heavy atom. The third-order valence-corrected chi connectivity index (χ3v) is 6.24. The molecular formula is C20H17FN6O2S. The molecule has 1 N–H and O–H groups in total. The maximum Gasteiger partial charge on any atom is 0.413 e. The van der Waals surface area contributed by atoms with Gasteiger partial charge in [0, 0.05) is 29.2 Å². The van der Waals surface area contributed by atoms with Crippen LogP contribution in [0.25, 0.3) is 10.7 Å². The van der Waals surface area contributed by atoms with Crippen LogP contribution < -0.4 is 4.90 Å². The number of aromatic nitrogens is 4. The Morgan fingerprint density at radius 3 is 2.73 bits per heavy atom. The Hall–Kier alpha value is -3.45. The zero-order chi connectivity index (χ0) is 21.1. The summed E-state index contributed by atoms with van der Waals surface area (Å²) in [5.41, 5.74) is 0.110. The Balaban J connectivity index is 1.59. The fourth-order valence-corrected chi connectivity index (χ4v) is 4.38. The molecule has 1 fully saturated rings. The molecule has 3 heterocycles. The molecule has 1 saturated carbocycles. The van der Waals surface area contributed by atoms with Gasteiger partial charge in [-0.1, -0.05) is 6.42 Å². The maximum atomic E-state index is 14.4. The highest BCUT2D eigenvalue weighted by Gasteiger charge is 2.44. The number of carboxylic acid groups (broad SMARTS) is 1. The van der Waals surface area contributed by atoms with Crippen LogP contribution in [0.1, 0.15) is 29.8 Å². The topological polar surface area (TPSA) is 116 Å². The summed E-state index contributed by atoms with van der Waals surface area (Å²) >= 11 is 1.34. The Labute approximate surface area is 175 Å². The monoisotopic (exact) mass is 424 g/mol. The van der Waals surface area contributed by atoms with Gasteiger partial charge in [0.15, 0.2) is 5.82 Å². The van der Waals surface area contributed by atoms with Crippen LogP contribution in [0, 0.1) is 17.1 Å². The number of nitrogens with zero attached hydrogens (tertiary/aromatic N) is 6. The lowest BCUT2D eigenvalue weighted by molar-refractivity contribution is 0.188. The van der Waals surface area contributed by atoms with Crippen molar-refractivity contribution in [2.45, 2.75) is 31.1 Å². The molecule has 30 heavy (non-hydrogen) atoms. The van der Waals surface area contributed by atoms with Gasteiger partial charge in [-0.3, -0.25) is 9.88 Å². The molecule has 4 rings (SSSR count). The third kappa shape index (κ3) is 3.71. The average Bonchev–Trinajstić information content (AvgIpc) is 3.17. The van der Waals surface area contributed by atoms with Gasteiger partial charge in [0.2, 0.25) is 0 Å². The van der Waals surface area contributed by atoms with Gasteiger partial charge in [-0.25, -0.2) is 14.2 Å². The summed E-state index contributed by atoms with van der Waals surface area (Å²) in [6.45, 7) is 0.0495. The molecule has 0 bridgehead atoms. The maximum absolute atomic E-state index is 14.4. The lowest BCUT2D eigenvalue weighted by Crippen LogP contribution is -2.49. The summed E-state index contributed by atoms with van der Waals surface area (Å²) in [6, 6.07) is 8.13. The number of hydrogen-bond donors (Lipinski definition) is 1. The molecular weight excluding hydrogens is 407 g/mol. The molecule has 0 unspecified atom stereocenters. The van der Waals surface area contributed by atoms with E-state index >= 15 is 0 Å². The standard InChI is InChI=1S/C20H17FN6O2S/c21-14-3-1-10-23-17(14)20(7-2-8-20)12-27(19(28)29)16-5-4-15(25-26-16)18-24-11-13(30-18)6-9-22/h1,3-5,10-11H,2,6-8,12H2,(H,28,29). The second-order valence-corrected chi connectivity index (χ2v) is 8.20. The van der Waals surface area contributed by atoms with Crippen molar-refractivity contribution in [3.05, 3.63) is 53.0 Å². The van der Waals surface area contributed by atoms with Crippen molar-refractivity contribution in [2.24, 2.45) is 0 Å². The number of thiazole rings is 1. The quantitative estimate of drug-likeness (QED) is 0.640. The van der Waals surface area contributed by atoms with Crippen LogP contribution >= 0.6 is 11.3 Å². The van der Waals surface area contributed by atoms with E-state index in [2.05, 4.69) is 26.2 Å². The van der Waals surface area contributed by atoms with Gasteiger partial charge >= 0.3 is 6.09 Å². The Kier molecular flexibility index (Phi) is 5.37. The van der Waals surface area contributed by atoms with Gasteiger partial charge < -0.3 is 5.11 Å². The molecule has 0 aromatic carbocycles. The zero-order valence-electron chi connectivity index (χ0n) is 15.8. The van der Waals surface area contributed by atoms with Crippen molar-refractivity contribution < 1.29 is 14.3 Å². The van der Waals surface area contributed by atoms with Gasteiger partial charge in [-0.15, -0.1) is 21.5 Å². The minimum atomic E-state index is -1.19. The van der Waals surface area contributed by atoms with Crippen LogP contribution in [-0.2, 0) is 11.8 Å². The van der Waals surface area contributed by atoms with Gasteiger partial charge in [-0.2, -0.15) is 5.26 Å². The first-order valence-electron chi connectivity index (χ1n) is 9.30. The van der Waals surface area contributed by atoms with E-state index in [1.54, 1.807) is 18.3 Å². The van der Waals surface area contributed by atoms with E-state index in [1.165, 1.54) is 29.7 Å². The first kappa shape index (κ1) is 19.8. The molecule has 3 aromatic rings. The first-order valence-corrected chi connectivity index (χ1v) is 10.1. The molecule has 0 atom stereocenters. The lowest BCUT2D eigenvalue weighted by Gasteiger charge is -2.43. The molecule has 0 radical (unpaired) electrons. The molecule has 152 valence electrons. The van der Waals surface area contributed by atoms with Gasteiger partial charge in [0.1, 0.15) is 16.5 Å². The van der Waals surface area contributed by atoms with Crippen LogP contribution in [0.2, 0.25) is 0 Å². The zero-order valence-corrected chi connectivity index (χ0v) is 16.6. The second-order valence-electron chi connectivity index (χ2n) is 7.08. The molecule has 1 aliphatic carbocycles. The fourth-order valence-electron chi connectivity index (χ4n) is 3.57. The first-order chi connectivity index (χ1) is 14.5. The normalized spacial score (nSPS) is 14.5. The number of hydrogen-bond acceptors (Lipinski definition) is 7. The minimum absolute atomic E-state index is 0.0495. The van der Waals surface area contributed by atoms with Gasteiger partial charge in [0.05, 0.1) is 18.2 Å². The summed E-state index contributed by atoms with van der Waals surface area (Å²) in [6.07, 6.45) is 4.39. The molecule has 0 saturated heterocycles. The molecule has 1 amide bonds. The van der Waals surface area contributed by atoms with E-state index in [0.29, 0.717) is 29.2 Å². The van der Waals surface area contributed by atoms with Crippen molar-refractivity contribution in [3.8, 4) is 16.8 Å². The molecule has 3 aromatic heterocycles. The van der Waals surface area contributed by atoms with Crippen LogP contribution in [0.15, 0.2) is 36.7 Å². The second kappa shape index (κ2) is 8.12. The number of amides is 1. The average molecular weight is 424 g/mol. The lowest BCUT2D eigenvalue weighted by atomic mass is 9.66. The highest BCUT2D eigenvalue weighted by molar-refractivity contribution is 7.15. The SMILES string of the molecule is N#CCc1cnc(-c2ccc(N(CC3(c4ncccc4F)CCC3)C(=O)O)nn2)s1. The van der Waals surface area contributed by atoms with Crippen LogP contribution in [0.4, 0.5) is 15.0 Å². The largest absolute Gasteiger partial charge is 0.465 e. The summed E-state index contributed by atoms with van der Waals surface area (Å²) < 4.78 is 14.4. The minimum Gasteiger partial charge on any atom is -0.465 e. The Bertz CT molecular complexity index is 1110. The molecule has 1 aliphatic rings. The van der Waals surface area contributed by atoms with E-state index in [1.807, 2.05) is 0 Å². The molecule has 10 heteroatoms. The summed E-state index contributed by atoms with van der Waals surface area (Å²) in [5.74, 6) is -0.274. The summed E-state index contributed by atoms with van der Waals surface area (Å²) in [7, 11) is 0. The predicted molar refractivity (Wildman–Crippen MR) is 108 cm³/mol. The number of anilines is 1. The summed E-state index contributed by atoms with van der Waals surface area (Å²) in [5, 5.41) is 27.3. The van der Waals surface area contributed by atoms with E-state index < -0.39 is 17.3 Å². The van der Waals surface area contributed by atoms with Crippen molar-refractivity contribution in [2.75, 3.05) is 11.4 Å². The highest BCUT2D eigenvalue weighted by atomic mass is 32.1. The predicted octanol–water partition coefficient (Wildman–Crippen LogP) is 3.81. The summed E-state index contributed by atoms with van der Waals surface area (Å²) in [4.78, 5) is 22.3. The van der Waals surface area contributed by atoms with Crippen LogP contribution in [0.3, 0.4) is 0 Å². The molecule has 8 nitrogen and oxygen atoms in total. The van der Waals surface area contributed by atoms with E-state index in [-0.39, 0.29) is 18.8 Å². The van der Waals surface area contributed by atoms with Gasteiger partial charge in [-0.05, 0) is 37.1 Å². The molecule has 0 spiro atoms. The van der Waals surface area contributed by atoms with E-state index in [0.717, 1.165) is 16.2 Å². The van der Waals surface area contributed by atoms with Crippen molar-refractivity contribution in [1.29, 1.82) is 5.26 Å². The van der Waals surface area contributed by atoms with Gasteiger partial charge in [0.25, 0.3) is 0 Å². The number of carbonyl (C=O) groups is 1. The smallest absolute Gasteiger partial charge is 0.413 e. The van der Waals surface area contributed by atoms with E-state index in [4.69, 9.17) is 5.26 Å². The number of halogens is 1. The van der Waals surface area contributed by atoms with Crippen LogP contribution in [-0.4, -0.2) is 37.9 Å². The fraction of sp³-hybridized carbons (Fsp3) is 0.300. The highest BCUT2D eigenvalue weighted by Crippen LogP contribution is 2.44. The van der Waals surface area contributed by atoms with Crippen LogP contribution in [0.5, 0.6) is 0 Å². The number of pyridine rings is 1. The molecule has 0 aliphatic heterocycles. The van der Waals surface area contributed by atoms with E-state index in [9.17, 15) is 14.3 Å². The number of rotatable bonds is 6. The number of nitriles is 1. The Morgan fingerprint density at radius 1 is 1.30 bits per heavy atom. The van der Waals surface area contributed by atoms with Crippen molar-refractivity contribution >= 4 is 23.2 Å². The third-order valence-electron chi connectivity index (χ3n) is 5.22.